The second-order valence-electron chi connectivity index (χ2n) is 6.55. The van der Waals surface area contributed by atoms with Gasteiger partial charge in [-0.15, -0.1) is 5.10 Å². The van der Waals surface area contributed by atoms with E-state index in [-0.39, 0.29) is 6.61 Å². The maximum Gasteiger partial charge on any atom is 0.231 e. The van der Waals surface area contributed by atoms with Gasteiger partial charge in [-0.05, 0) is 35.0 Å². The van der Waals surface area contributed by atoms with Gasteiger partial charge in [-0.1, -0.05) is 54.2 Å². The van der Waals surface area contributed by atoms with Crippen LogP contribution in [0.1, 0.15) is 0 Å². The van der Waals surface area contributed by atoms with E-state index in [9.17, 15) is 5.11 Å². The Morgan fingerprint density at radius 1 is 1.04 bits per heavy atom. The number of nitrogens with one attached hydrogen (secondary N) is 1. The highest BCUT2D eigenvalue weighted by molar-refractivity contribution is 7.99. The number of thioether (sulfide) groups is 1. The number of benzene rings is 3. The van der Waals surface area contributed by atoms with Gasteiger partial charge in [0.25, 0.3) is 0 Å². The SMILES string of the molecule is OC(COc1ccc2ccccc2c1)CSc1n[nH]c2nc3ccccc3n12. The van der Waals surface area contributed by atoms with Crippen molar-refractivity contribution in [3.8, 4) is 5.75 Å². The molecule has 0 fully saturated rings. The first-order valence-corrected chi connectivity index (χ1v) is 10.0. The predicted molar refractivity (Wildman–Crippen MR) is 111 cm³/mol. The Morgan fingerprint density at radius 2 is 1.86 bits per heavy atom. The average Bonchev–Trinajstić information content (AvgIpc) is 3.30. The Kier molecular flexibility index (Phi) is 4.38. The molecule has 0 spiro atoms. The molecule has 0 saturated carbocycles. The van der Waals surface area contributed by atoms with Gasteiger partial charge in [-0.3, -0.25) is 4.40 Å². The quantitative estimate of drug-likeness (QED) is 0.430. The van der Waals surface area contributed by atoms with Crippen molar-refractivity contribution in [2.45, 2.75) is 11.3 Å². The number of aromatic amines is 1. The summed E-state index contributed by atoms with van der Waals surface area (Å²) in [7, 11) is 0. The largest absolute Gasteiger partial charge is 0.491 e. The van der Waals surface area contributed by atoms with Gasteiger partial charge in [-0.25, -0.2) is 10.1 Å². The molecular weight excluding hydrogens is 372 g/mol. The van der Waals surface area contributed by atoms with Crippen LogP contribution >= 0.6 is 11.8 Å². The number of aliphatic hydroxyl groups is 1. The fourth-order valence-electron chi connectivity index (χ4n) is 3.21. The van der Waals surface area contributed by atoms with E-state index in [2.05, 4.69) is 21.2 Å². The molecule has 1 atom stereocenters. The molecule has 0 amide bonds. The summed E-state index contributed by atoms with van der Waals surface area (Å²) in [5, 5.41) is 20.7. The van der Waals surface area contributed by atoms with Crippen molar-refractivity contribution in [3.05, 3.63) is 66.7 Å². The Morgan fingerprint density at radius 3 is 2.79 bits per heavy atom. The van der Waals surface area contributed by atoms with E-state index < -0.39 is 6.10 Å². The first-order valence-electron chi connectivity index (χ1n) is 9.02. The van der Waals surface area contributed by atoms with Crippen LogP contribution in [0.15, 0.2) is 71.9 Å². The summed E-state index contributed by atoms with van der Waals surface area (Å²) in [6.07, 6.45) is -0.613. The van der Waals surface area contributed by atoms with Crippen molar-refractivity contribution in [2.75, 3.05) is 12.4 Å². The molecule has 0 bridgehead atoms. The van der Waals surface area contributed by atoms with Gasteiger partial charge in [0.1, 0.15) is 12.4 Å². The van der Waals surface area contributed by atoms with Crippen LogP contribution in [0.3, 0.4) is 0 Å². The lowest BCUT2D eigenvalue weighted by Crippen LogP contribution is -2.20. The minimum Gasteiger partial charge on any atom is -0.491 e. The van der Waals surface area contributed by atoms with E-state index in [4.69, 9.17) is 4.74 Å². The Balaban J connectivity index is 1.24. The third-order valence-electron chi connectivity index (χ3n) is 4.57. The van der Waals surface area contributed by atoms with Crippen LogP contribution in [-0.2, 0) is 0 Å². The number of rotatable bonds is 6. The lowest BCUT2D eigenvalue weighted by molar-refractivity contribution is 0.126. The molecule has 6 nitrogen and oxygen atoms in total. The van der Waals surface area contributed by atoms with Crippen molar-refractivity contribution in [1.82, 2.24) is 19.6 Å². The van der Waals surface area contributed by atoms with Crippen LogP contribution in [0, 0.1) is 0 Å². The molecule has 0 aliphatic rings. The number of H-pyrrole nitrogens is 1. The van der Waals surface area contributed by atoms with E-state index in [0.29, 0.717) is 11.5 Å². The first kappa shape index (κ1) is 17.1. The number of fused-ring (bicyclic) bond motifs is 4. The number of aliphatic hydroxyl groups excluding tert-OH is 1. The van der Waals surface area contributed by atoms with Gasteiger partial charge in [0.15, 0.2) is 5.16 Å². The van der Waals surface area contributed by atoms with Crippen LogP contribution in [0.5, 0.6) is 5.75 Å². The Labute approximate surface area is 165 Å². The monoisotopic (exact) mass is 390 g/mol. The number of para-hydroxylation sites is 2. The fraction of sp³-hybridized carbons (Fsp3) is 0.143. The molecule has 2 heterocycles. The summed E-state index contributed by atoms with van der Waals surface area (Å²) in [6.45, 7) is 0.226. The van der Waals surface area contributed by atoms with Crippen LogP contribution in [0.25, 0.3) is 27.6 Å². The summed E-state index contributed by atoms with van der Waals surface area (Å²) in [4.78, 5) is 4.51. The van der Waals surface area contributed by atoms with Crippen LogP contribution in [-0.4, -0.2) is 43.2 Å². The summed E-state index contributed by atoms with van der Waals surface area (Å²) in [5.41, 5.74) is 1.91. The molecule has 0 radical (unpaired) electrons. The van der Waals surface area contributed by atoms with E-state index >= 15 is 0 Å². The first-order chi connectivity index (χ1) is 13.8. The van der Waals surface area contributed by atoms with Crippen molar-refractivity contribution >= 4 is 39.3 Å². The number of ether oxygens (including phenoxy) is 1. The van der Waals surface area contributed by atoms with Gasteiger partial charge in [0, 0.05) is 5.75 Å². The minimum absolute atomic E-state index is 0.226. The molecule has 5 aromatic rings. The van der Waals surface area contributed by atoms with Crippen molar-refractivity contribution in [2.24, 2.45) is 0 Å². The molecule has 140 valence electrons. The summed E-state index contributed by atoms with van der Waals surface area (Å²) in [6, 6.07) is 22.0. The molecule has 5 rings (SSSR count). The zero-order valence-electron chi connectivity index (χ0n) is 14.9. The third-order valence-corrected chi connectivity index (χ3v) is 5.66. The van der Waals surface area contributed by atoms with Crippen LogP contribution in [0.4, 0.5) is 0 Å². The number of nitrogens with zero attached hydrogens (tertiary/aromatic N) is 3. The molecule has 0 aliphatic heterocycles. The van der Waals surface area contributed by atoms with Gasteiger partial charge in [0.2, 0.25) is 5.78 Å². The third kappa shape index (κ3) is 3.19. The van der Waals surface area contributed by atoms with E-state index in [0.717, 1.165) is 27.3 Å². The van der Waals surface area contributed by atoms with Gasteiger partial charge in [-0.2, -0.15) is 0 Å². The lowest BCUT2D eigenvalue weighted by atomic mass is 10.1. The fourth-order valence-corrected chi connectivity index (χ4v) is 4.07. The highest BCUT2D eigenvalue weighted by Gasteiger charge is 2.14. The molecule has 2 aromatic heterocycles. The molecule has 28 heavy (non-hydrogen) atoms. The average molecular weight is 390 g/mol. The summed E-state index contributed by atoms with van der Waals surface area (Å²) in [5.74, 6) is 1.93. The van der Waals surface area contributed by atoms with Gasteiger partial charge in [0.05, 0.1) is 17.1 Å². The smallest absolute Gasteiger partial charge is 0.231 e. The molecular formula is C21H18N4O2S. The molecule has 0 saturated heterocycles. The lowest BCUT2D eigenvalue weighted by Gasteiger charge is -2.12. The summed E-state index contributed by atoms with van der Waals surface area (Å²) >= 11 is 1.47. The van der Waals surface area contributed by atoms with E-state index in [1.54, 1.807) is 0 Å². The van der Waals surface area contributed by atoms with Gasteiger partial charge < -0.3 is 9.84 Å². The van der Waals surface area contributed by atoms with Crippen molar-refractivity contribution in [3.63, 3.8) is 0 Å². The maximum absolute atomic E-state index is 10.3. The highest BCUT2D eigenvalue weighted by atomic mass is 32.2. The Bertz CT molecular complexity index is 1260. The van der Waals surface area contributed by atoms with Gasteiger partial charge >= 0.3 is 0 Å². The molecule has 3 aromatic carbocycles. The number of aromatic nitrogens is 4. The van der Waals surface area contributed by atoms with Crippen molar-refractivity contribution in [1.29, 1.82) is 0 Å². The molecule has 0 aliphatic carbocycles. The maximum atomic E-state index is 10.3. The molecule has 1 unspecified atom stereocenters. The Hall–Kier alpha value is -3.03. The second-order valence-corrected chi connectivity index (χ2v) is 7.54. The van der Waals surface area contributed by atoms with E-state index in [1.807, 2.05) is 65.1 Å². The molecule has 7 heteroatoms. The van der Waals surface area contributed by atoms with Crippen LogP contribution in [0.2, 0.25) is 0 Å². The topological polar surface area (TPSA) is 75.4 Å². The van der Waals surface area contributed by atoms with E-state index in [1.165, 1.54) is 17.1 Å². The second kappa shape index (κ2) is 7.18. The van der Waals surface area contributed by atoms with Crippen molar-refractivity contribution < 1.29 is 9.84 Å². The summed E-state index contributed by atoms with van der Waals surface area (Å²) < 4.78 is 7.75. The number of hydrogen-bond donors (Lipinski definition) is 2. The highest BCUT2D eigenvalue weighted by Crippen LogP contribution is 2.24. The number of hydrogen-bond acceptors (Lipinski definition) is 5. The standard InChI is InChI=1S/C21H18N4O2S/c26-16(12-27-17-10-9-14-5-1-2-6-15(14)11-17)13-28-21-24-23-20-22-18-7-3-4-8-19(18)25(20)21/h1-11,16,26H,12-13H2,(H,22,23). The normalized spacial score (nSPS) is 12.8. The zero-order valence-corrected chi connectivity index (χ0v) is 15.8. The predicted octanol–water partition coefficient (Wildman–Crippen LogP) is 3.90. The van der Waals surface area contributed by atoms with Crippen LogP contribution < -0.4 is 4.74 Å². The molecule has 2 N–H and O–H groups in total. The zero-order chi connectivity index (χ0) is 18.9. The minimum atomic E-state index is -0.613. The number of imidazole rings is 1.